The number of benzene rings is 2. The smallest absolute Gasteiger partial charge is 0.314 e. The third-order valence-electron chi connectivity index (χ3n) is 3.12. The van der Waals surface area contributed by atoms with Crippen molar-refractivity contribution in [1.82, 2.24) is 0 Å². The lowest BCUT2D eigenvalue weighted by molar-refractivity contribution is -0.132. The van der Waals surface area contributed by atoms with Gasteiger partial charge in [0, 0.05) is 36.1 Å². The van der Waals surface area contributed by atoms with Gasteiger partial charge in [-0.1, -0.05) is 0 Å². The third kappa shape index (κ3) is 4.76. The van der Waals surface area contributed by atoms with Crippen LogP contribution >= 0.6 is 11.8 Å². The summed E-state index contributed by atoms with van der Waals surface area (Å²) in [5, 5.41) is 15.6. The summed E-state index contributed by atoms with van der Waals surface area (Å²) >= 11 is 1.02. The van der Waals surface area contributed by atoms with Gasteiger partial charge in [-0.15, -0.1) is 0 Å². The minimum Gasteiger partial charge on any atom is -0.378 e. The van der Waals surface area contributed by atoms with Crippen molar-refractivity contribution in [3.05, 3.63) is 48.5 Å². The van der Waals surface area contributed by atoms with Gasteiger partial charge in [0.1, 0.15) is 5.40 Å². The van der Waals surface area contributed by atoms with Crippen LogP contribution in [0.15, 0.2) is 53.4 Å². The number of nitriles is 1. The Hall–Kier alpha value is -2.98. The molecule has 0 saturated heterocycles. The zero-order valence-corrected chi connectivity index (χ0v) is 14.1. The van der Waals surface area contributed by atoms with Crippen LogP contribution in [-0.2, 0) is 9.59 Å². The zero-order valence-electron chi connectivity index (χ0n) is 13.2. The van der Waals surface area contributed by atoms with Gasteiger partial charge in [-0.3, -0.25) is 9.59 Å². The Morgan fingerprint density at radius 1 is 0.917 bits per heavy atom. The number of carbonyl (C=O) groups excluding carboxylic acids is 2. The largest absolute Gasteiger partial charge is 0.378 e. The number of nitrogens with one attached hydrogen (secondary N) is 2. The fourth-order valence-corrected chi connectivity index (χ4v) is 2.26. The Morgan fingerprint density at radius 3 is 1.79 bits per heavy atom. The van der Waals surface area contributed by atoms with E-state index in [4.69, 9.17) is 5.26 Å². The molecule has 2 amide bonds. The molecule has 0 aliphatic carbocycles. The summed E-state index contributed by atoms with van der Waals surface area (Å²) in [6.45, 7) is 0. The molecule has 2 rings (SSSR count). The van der Waals surface area contributed by atoms with Gasteiger partial charge in [0.25, 0.3) is 0 Å². The first-order valence-electron chi connectivity index (χ1n) is 7.05. The van der Waals surface area contributed by atoms with Crippen molar-refractivity contribution < 1.29 is 9.59 Å². The van der Waals surface area contributed by atoms with E-state index in [9.17, 15) is 9.59 Å². The van der Waals surface area contributed by atoms with Gasteiger partial charge in [0.15, 0.2) is 0 Å². The number of amides is 2. The first-order valence-corrected chi connectivity index (χ1v) is 7.87. The second-order valence-electron chi connectivity index (χ2n) is 5.07. The molecule has 2 aromatic rings. The molecule has 24 heavy (non-hydrogen) atoms. The number of thioether (sulfide) groups is 1. The predicted octanol–water partition coefficient (Wildman–Crippen LogP) is 2.90. The van der Waals surface area contributed by atoms with Crippen molar-refractivity contribution in [2.24, 2.45) is 0 Å². The molecule has 7 heteroatoms. The van der Waals surface area contributed by atoms with Crippen molar-refractivity contribution in [3.8, 4) is 5.40 Å². The molecule has 0 bridgehead atoms. The normalized spacial score (nSPS) is 9.71. The van der Waals surface area contributed by atoms with Gasteiger partial charge in [-0.2, -0.15) is 5.26 Å². The second-order valence-corrected chi connectivity index (χ2v) is 5.93. The number of thiocyanates is 1. The van der Waals surface area contributed by atoms with Gasteiger partial charge in [-0.05, 0) is 60.3 Å². The Balaban J connectivity index is 1.94. The fraction of sp³-hybridized carbons (Fsp3) is 0.118. The fourth-order valence-electron chi connectivity index (χ4n) is 1.88. The molecule has 2 aromatic carbocycles. The van der Waals surface area contributed by atoms with Crippen molar-refractivity contribution in [3.63, 3.8) is 0 Å². The average Bonchev–Trinajstić information content (AvgIpc) is 2.57. The van der Waals surface area contributed by atoms with Crippen molar-refractivity contribution in [2.45, 2.75) is 4.90 Å². The third-order valence-corrected chi connectivity index (χ3v) is 3.72. The highest BCUT2D eigenvalue weighted by Crippen LogP contribution is 2.19. The van der Waals surface area contributed by atoms with Crippen LogP contribution in [0.25, 0.3) is 0 Å². The Kier molecular flexibility index (Phi) is 5.82. The van der Waals surface area contributed by atoms with E-state index in [2.05, 4.69) is 10.6 Å². The highest BCUT2D eigenvalue weighted by atomic mass is 32.2. The number of hydrogen-bond acceptors (Lipinski definition) is 5. The maximum absolute atomic E-state index is 11.9. The van der Waals surface area contributed by atoms with Gasteiger partial charge in [0.05, 0.1) is 0 Å². The summed E-state index contributed by atoms with van der Waals surface area (Å²) in [5.41, 5.74) is 2.02. The molecule has 0 aliphatic heterocycles. The number of nitrogens with zero attached hydrogens (tertiary/aromatic N) is 2. The molecule has 0 fully saturated rings. The first-order chi connectivity index (χ1) is 11.5. The molecule has 6 nitrogen and oxygen atoms in total. The van der Waals surface area contributed by atoms with E-state index in [1.807, 2.05) is 36.5 Å². The van der Waals surface area contributed by atoms with E-state index >= 15 is 0 Å². The molecule has 2 N–H and O–H groups in total. The summed E-state index contributed by atoms with van der Waals surface area (Å²) in [6, 6.07) is 13.8. The van der Waals surface area contributed by atoms with E-state index in [0.717, 1.165) is 22.3 Å². The molecule has 0 aliphatic rings. The molecule has 0 heterocycles. The van der Waals surface area contributed by atoms with E-state index in [1.54, 1.807) is 36.4 Å². The van der Waals surface area contributed by atoms with Crippen molar-refractivity contribution in [1.29, 1.82) is 5.26 Å². The first kappa shape index (κ1) is 17.4. The van der Waals surface area contributed by atoms with Crippen LogP contribution in [0.2, 0.25) is 0 Å². The van der Waals surface area contributed by atoms with Gasteiger partial charge in [0.2, 0.25) is 0 Å². The summed E-state index contributed by atoms with van der Waals surface area (Å²) in [4.78, 5) is 26.5. The molecule has 0 unspecified atom stereocenters. The molecule has 0 spiro atoms. The minimum atomic E-state index is -0.757. The monoisotopic (exact) mass is 340 g/mol. The molecule has 0 saturated carbocycles. The maximum atomic E-state index is 11.9. The molecule has 0 atom stereocenters. The lowest BCUT2D eigenvalue weighted by Gasteiger charge is -2.13. The number of carbonyl (C=O) groups is 2. The molecular weight excluding hydrogens is 324 g/mol. The maximum Gasteiger partial charge on any atom is 0.314 e. The summed E-state index contributed by atoms with van der Waals surface area (Å²) in [7, 11) is 3.84. The Labute approximate surface area is 144 Å². The predicted molar refractivity (Wildman–Crippen MR) is 95.9 cm³/mol. The molecular formula is C17H16N4O2S. The lowest BCUT2D eigenvalue weighted by atomic mass is 10.2. The summed E-state index contributed by atoms with van der Waals surface area (Å²) in [5.74, 6) is -1.50. The van der Waals surface area contributed by atoms with Crippen LogP contribution in [0.5, 0.6) is 0 Å². The van der Waals surface area contributed by atoms with Gasteiger partial charge >= 0.3 is 11.8 Å². The van der Waals surface area contributed by atoms with Gasteiger partial charge in [-0.25, -0.2) is 0 Å². The van der Waals surface area contributed by atoms with Gasteiger partial charge < -0.3 is 15.5 Å². The standard InChI is InChI=1S/C17H16N4O2S/c1-21(2)14-7-3-12(4-8-14)19-16(22)17(23)20-13-5-9-15(10-6-13)24-11-18/h3-10H,1-2H3,(H,19,22)(H,20,23). The van der Waals surface area contributed by atoms with Crippen LogP contribution in [0.4, 0.5) is 17.1 Å². The summed E-state index contributed by atoms with van der Waals surface area (Å²) < 4.78 is 0. The van der Waals surface area contributed by atoms with Crippen LogP contribution in [0.3, 0.4) is 0 Å². The quantitative estimate of drug-likeness (QED) is 0.508. The molecule has 0 aromatic heterocycles. The average molecular weight is 340 g/mol. The van der Waals surface area contributed by atoms with E-state index in [-0.39, 0.29) is 0 Å². The van der Waals surface area contributed by atoms with Crippen LogP contribution < -0.4 is 15.5 Å². The Morgan fingerprint density at radius 2 is 1.38 bits per heavy atom. The lowest BCUT2D eigenvalue weighted by Crippen LogP contribution is -2.29. The van der Waals surface area contributed by atoms with Crippen LogP contribution in [0, 0.1) is 10.7 Å². The number of hydrogen-bond donors (Lipinski definition) is 2. The highest BCUT2D eigenvalue weighted by molar-refractivity contribution is 8.03. The minimum absolute atomic E-state index is 0.486. The highest BCUT2D eigenvalue weighted by Gasteiger charge is 2.14. The molecule has 0 radical (unpaired) electrons. The Bertz CT molecular complexity index is 765. The van der Waals surface area contributed by atoms with Crippen molar-refractivity contribution >= 4 is 40.6 Å². The second kappa shape index (κ2) is 8.04. The zero-order chi connectivity index (χ0) is 17.5. The topological polar surface area (TPSA) is 85.2 Å². The molecule has 122 valence electrons. The number of anilines is 3. The van der Waals surface area contributed by atoms with Crippen LogP contribution in [-0.4, -0.2) is 25.9 Å². The SMILES string of the molecule is CN(C)c1ccc(NC(=O)C(=O)Nc2ccc(SC#N)cc2)cc1. The van der Waals surface area contributed by atoms with Crippen LogP contribution in [0.1, 0.15) is 0 Å². The van der Waals surface area contributed by atoms with Crippen molar-refractivity contribution in [2.75, 3.05) is 29.6 Å². The van der Waals surface area contributed by atoms with E-state index < -0.39 is 11.8 Å². The van der Waals surface area contributed by atoms with E-state index in [0.29, 0.717) is 11.4 Å². The number of rotatable bonds is 4. The van der Waals surface area contributed by atoms with E-state index in [1.165, 1.54) is 0 Å². The summed E-state index contributed by atoms with van der Waals surface area (Å²) in [6.07, 6.45) is 0.